The van der Waals surface area contributed by atoms with E-state index in [0.717, 1.165) is 17.8 Å². The van der Waals surface area contributed by atoms with E-state index >= 15 is 0 Å². The molecule has 0 saturated carbocycles. The van der Waals surface area contributed by atoms with E-state index in [4.69, 9.17) is 0 Å². The summed E-state index contributed by atoms with van der Waals surface area (Å²) in [7, 11) is 3.91. The van der Waals surface area contributed by atoms with Crippen molar-refractivity contribution in [2.45, 2.75) is 6.54 Å². The molecule has 0 bridgehead atoms. The fourth-order valence-corrected chi connectivity index (χ4v) is 1.69. The number of anilines is 1. The maximum Gasteiger partial charge on any atom is 0.0715 e. The smallest absolute Gasteiger partial charge is 0.0715 e. The molecule has 0 N–H and O–H groups in total. The van der Waals surface area contributed by atoms with Gasteiger partial charge in [0.25, 0.3) is 0 Å². The van der Waals surface area contributed by atoms with Gasteiger partial charge in [0.15, 0.2) is 0 Å². The SMILES string of the molecule is CN1Cc2cc(C(=O)[O-])ccc2N1C. The molecule has 0 unspecified atom stereocenters. The Morgan fingerprint density at radius 3 is 2.79 bits per heavy atom. The predicted molar refractivity (Wildman–Crippen MR) is 50.6 cm³/mol. The molecule has 1 aromatic rings. The van der Waals surface area contributed by atoms with Gasteiger partial charge in [0.2, 0.25) is 0 Å². The summed E-state index contributed by atoms with van der Waals surface area (Å²) >= 11 is 0. The highest BCUT2D eigenvalue weighted by Crippen LogP contribution is 2.29. The maximum absolute atomic E-state index is 10.6. The number of carboxylic acid groups (broad SMARTS) is 1. The van der Waals surface area contributed by atoms with Crippen LogP contribution in [0.25, 0.3) is 0 Å². The minimum Gasteiger partial charge on any atom is -0.545 e. The van der Waals surface area contributed by atoms with Crippen LogP contribution in [0.3, 0.4) is 0 Å². The van der Waals surface area contributed by atoms with Gasteiger partial charge in [-0.05, 0) is 23.3 Å². The molecule has 0 radical (unpaired) electrons. The van der Waals surface area contributed by atoms with Gasteiger partial charge >= 0.3 is 0 Å². The van der Waals surface area contributed by atoms with E-state index in [1.165, 1.54) is 0 Å². The van der Waals surface area contributed by atoms with Crippen molar-refractivity contribution in [1.29, 1.82) is 0 Å². The van der Waals surface area contributed by atoms with Crippen molar-refractivity contribution in [2.75, 3.05) is 19.1 Å². The topological polar surface area (TPSA) is 46.6 Å². The highest BCUT2D eigenvalue weighted by Gasteiger charge is 2.20. The van der Waals surface area contributed by atoms with Gasteiger partial charge in [0, 0.05) is 20.6 Å². The van der Waals surface area contributed by atoms with Crippen LogP contribution in [-0.4, -0.2) is 25.1 Å². The molecule has 4 nitrogen and oxygen atoms in total. The molecule has 1 heterocycles. The van der Waals surface area contributed by atoms with Crippen molar-refractivity contribution in [3.63, 3.8) is 0 Å². The monoisotopic (exact) mass is 191 g/mol. The lowest BCUT2D eigenvalue weighted by Crippen LogP contribution is -2.29. The summed E-state index contributed by atoms with van der Waals surface area (Å²) in [6, 6.07) is 5.05. The number of rotatable bonds is 1. The van der Waals surface area contributed by atoms with Gasteiger partial charge in [-0.3, -0.25) is 0 Å². The van der Waals surface area contributed by atoms with Gasteiger partial charge in [0.05, 0.1) is 11.7 Å². The van der Waals surface area contributed by atoms with Crippen LogP contribution >= 0.6 is 0 Å². The van der Waals surface area contributed by atoms with E-state index in [1.54, 1.807) is 12.1 Å². The molecule has 0 atom stereocenters. The first kappa shape index (κ1) is 9.02. The van der Waals surface area contributed by atoms with Crippen LogP contribution in [0.5, 0.6) is 0 Å². The third-order valence-electron chi connectivity index (χ3n) is 2.58. The maximum atomic E-state index is 10.6. The van der Waals surface area contributed by atoms with Crippen LogP contribution in [0, 0.1) is 0 Å². The molecule has 14 heavy (non-hydrogen) atoms. The van der Waals surface area contributed by atoms with Crippen LogP contribution in [-0.2, 0) is 6.54 Å². The average molecular weight is 191 g/mol. The average Bonchev–Trinajstić information content (AvgIpc) is 2.42. The molecule has 0 saturated heterocycles. The molecule has 1 aliphatic heterocycles. The Morgan fingerprint density at radius 1 is 1.43 bits per heavy atom. The number of hydrazine groups is 1. The Bertz CT molecular complexity index is 390. The number of benzene rings is 1. The molecule has 2 rings (SSSR count). The number of carboxylic acids is 1. The Balaban J connectivity index is 2.44. The Morgan fingerprint density at radius 2 is 2.14 bits per heavy atom. The van der Waals surface area contributed by atoms with Gasteiger partial charge in [-0.2, -0.15) is 0 Å². The summed E-state index contributed by atoms with van der Waals surface area (Å²) in [4.78, 5) is 10.6. The molecule has 0 amide bonds. The number of nitrogens with zero attached hydrogens (tertiary/aromatic N) is 2. The van der Waals surface area contributed by atoms with Crippen molar-refractivity contribution in [2.24, 2.45) is 0 Å². The molecule has 0 aliphatic carbocycles. The molecular formula is C10H11N2O2-. The van der Waals surface area contributed by atoms with E-state index in [2.05, 4.69) is 0 Å². The van der Waals surface area contributed by atoms with Crippen molar-refractivity contribution in [3.05, 3.63) is 29.3 Å². The van der Waals surface area contributed by atoms with E-state index < -0.39 is 5.97 Å². The summed E-state index contributed by atoms with van der Waals surface area (Å²) < 4.78 is 0. The van der Waals surface area contributed by atoms with Crippen molar-refractivity contribution in [1.82, 2.24) is 5.01 Å². The van der Waals surface area contributed by atoms with Gasteiger partial charge in [-0.15, -0.1) is 0 Å². The molecule has 1 aliphatic rings. The lowest BCUT2D eigenvalue weighted by Gasteiger charge is -2.21. The minimum absolute atomic E-state index is 0.243. The number of carbonyl (C=O) groups excluding carboxylic acids is 1. The van der Waals surface area contributed by atoms with Gasteiger partial charge < -0.3 is 14.9 Å². The zero-order valence-corrected chi connectivity index (χ0v) is 8.15. The van der Waals surface area contributed by atoms with Crippen molar-refractivity contribution >= 4 is 11.7 Å². The first-order chi connectivity index (χ1) is 6.59. The van der Waals surface area contributed by atoms with Gasteiger partial charge in [0.1, 0.15) is 0 Å². The second-order valence-corrected chi connectivity index (χ2v) is 3.47. The highest BCUT2D eigenvalue weighted by molar-refractivity contribution is 5.87. The highest BCUT2D eigenvalue weighted by atomic mass is 16.4. The third-order valence-corrected chi connectivity index (χ3v) is 2.58. The summed E-state index contributed by atoms with van der Waals surface area (Å²) in [5.74, 6) is -1.12. The number of hydrogen-bond acceptors (Lipinski definition) is 4. The first-order valence-electron chi connectivity index (χ1n) is 4.38. The molecule has 0 spiro atoms. The summed E-state index contributed by atoms with van der Waals surface area (Å²) in [5, 5.41) is 14.6. The molecule has 0 fully saturated rings. The lowest BCUT2D eigenvalue weighted by atomic mass is 10.1. The Kier molecular flexibility index (Phi) is 1.93. The van der Waals surface area contributed by atoms with Crippen molar-refractivity contribution < 1.29 is 9.90 Å². The van der Waals surface area contributed by atoms with Crippen molar-refractivity contribution in [3.8, 4) is 0 Å². The largest absolute Gasteiger partial charge is 0.545 e. The number of fused-ring (bicyclic) bond motifs is 1. The lowest BCUT2D eigenvalue weighted by molar-refractivity contribution is -0.255. The van der Waals surface area contributed by atoms with Crippen LogP contribution < -0.4 is 10.1 Å². The number of carbonyl (C=O) groups is 1. The predicted octanol–water partition coefficient (Wildman–Crippen LogP) is -0.153. The Hall–Kier alpha value is -1.55. The second-order valence-electron chi connectivity index (χ2n) is 3.47. The van der Waals surface area contributed by atoms with E-state index in [9.17, 15) is 9.90 Å². The number of aromatic carboxylic acids is 1. The number of hydrogen-bond donors (Lipinski definition) is 0. The van der Waals surface area contributed by atoms with Crippen LogP contribution in [0.4, 0.5) is 5.69 Å². The zero-order chi connectivity index (χ0) is 10.3. The van der Waals surface area contributed by atoms with E-state index in [-0.39, 0.29) is 5.56 Å². The summed E-state index contributed by atoms with van der Waals surface area (Å²) in [6.07, 6.45) is 0. The van der Waals surface area contributed by atoms with Crippen LogP contribution in [0.2, 0.25) is 0 Å². The second kappa shape index (κ2) is 2.99. The van der Waals surface area contributed by atoms with E-state index in [0.29, 0.717) is 0 Å². The van der Waals surface area contributed by atoms with Crippen LogP contribution in [0.1, 0.15) is 15.9 Å². The molecule has 0 aromatic heterocycles. The summed E-state index contributed by atoms with van der Waals surface area (Å²) in [5.41, 5.74) is 2.32. The molecule has 4 heteroatoms. The molecule has 74 valence electrons. The van der Waals surface area contributed by atoms with Gasteiger partial charge in [-0.1, -0.05) is 6.07 Å². The third kappa shape index (κ3) is 1.24. The zero-order valence-electron chi connectivity index (χ0n) is 8.15. The first-order valence-corrected chi connectivity index (χ1v) is 4.38. The normalized spacial score (nSPS) is 15.7. The van der Waals surface area contributed by atoms with Gasteiger partial charge in [-0.25, -0.2) is 5.01 Å². The standard InChI is InChI=1S/C10H12N2O2/c1-11-6-8-5-7(10(13)14)3-4-9(8)12(11)2/h3-5H,6H2,1-2H3,(H,13,14)/p-1. The van der Waals surface area contributed by atoms with Crippen LogP contribution in [0.15, 0.2) is 18.2 Å². The fraction of sp³-hybridized carbons (Fsp3) is 0.300. The summed E-state index contributed by atoms with van der Waals surface area (Å²) in [6.45, 7) is 0.743. The van der Waals surface area contributed by atoms with E-state index in [1.807, 2.05) is 30.2 Å². The fourth-order valence-electron chi connectivity index (χ4n) is 1.69. The minimum atomic E-state index is -1.12. The molecular weight excluding hydrogens is 180 g/mol. The quantitative estimate of drug-likeness (QED) is 0.619. The Labute approximate surface area is 82.3 Å². The molecule has 1 aromatic carbocycles.